The summed E-state index contributed by atoms with van der Waals surface area (Å²) in [5.74, 6) is 3.35. The van der Waals surface area contributed by atoms with Gasteiger partial charge in [0.2, 0.25) is 5.88 Å². The predicted octanol–water partition coefficient (Wildman–Crippen LogP) is 6.79. The Labute approximate surface area is 251 Å². The summed E-state index contributed by atoms with van der Waals surface area (Å²) in [5, 5.41) is 6.69. The normalized spacial score (nSPS) is 11.1. The topological polar surface area (TPSA) is 107 Å². The van der Waals surface area contributed by atoms with E-state index in [4.69, 9.17) is 30.8 Å². The number of aryl methyl sites for hydroxylation is 2. The van der Waals surface area contributed by atoms with E-state index in [1.807, 2.05) is 81.4 Å². The van der Waals surface area contributed by atoms with Crippen LogP contribution in [0.3, 0.4) is 0 Å². The summed E-state index contributed by atoms with van der Waals surface area (Å²) in [7, 11) is 1.65. The van der Waals surface area contributed by atoms with Crippen molar-refractivity contribution in [1.82, 2.24) is 20.3 Å². The molecule has 0 saturated heterocycles. The van der Waals surface area contributed by atoms with Crippen LogP contribution in [0.4, 0.5) is 10.6 Å². The van der Waals surface area contributed by atoms with Crippen LogP contribution in [0.5, 0.6) is 17.4 Å². The first-order valence-corrected chi connectivity index (χ1v) is 14.1. The van der Waals surface area contributed by atoms with Crippen molar-refractivity contribution < 1.29 is 19.0 Å². The summed E-state index contributed by atoms with van der Waals surface area (Å²) in [6.45, 7) is 6.57. The van der Waals surface area contributed by atoms with Gasteiger partial charge in [0.05, 0.1) is 12.1 Å². The molecule has 0 spiro atoms. The number of nitrogens with one attached hydrogen (secondary N) is 2. The molecule has 2 aromatic carbocycles. The van der Waals surface area contributed by atoms with Crippen LogP contribution in [-0.2, 0) is 30.5 Å². The third-order valence-corrected chi connectivity index (χ3v) is 6.23. The Morgan fingerprint density at radius 3 is 2.19 bits per heavy atom. The number of halogens is 1. The quantitative estimate of drug-likeness (QED) is 0.186. The lowest BCUT2D eigenvalue weighted by molar-refractivity contribution is 0.0528. The van der Waals surface area contributed by atoms with Gasteiger partial charge in [-0.05, 0) is 80.6 Å². The van der Waals surface area contributed by atoms with E-state index in [1.54, 1.807) is 19.5 Å². The van der Waals surface area contributed by atoms with Gasteiger partial charge in [0, 0.05) is 38.0 Å². The molecule has 4 aromatic rings. The van der Waals surface area contributed by atoms with Crippen LogP contribution >= 0.6 is 11.6 Å². The zero-order valence-electron chi connectivity index (χ0n) is 24.3. The molecule has 0 unspecified atom stereocenters. The molecule has 0 bridgehead atoms. The average molecular weight is 590 g/mol. The van der Waals surface area contributed by atoms with Crippen molar-refractivity contribution in [2.24, 2.45) is 0 Å². The highest BCUT2D eigenvalue weighted by Gasteiger charge is 2.15. The minimum atomic E-state index is -0.525. The van der Waals surface area contributed by atoms with Crippen LogP contribution in [0.25, 0.3) is 0 Å². The van der Waals surface area contributed by atoms with Gasteiger partial charge in [0.25, 0.3) is 0 Å². The Morgan fingerprint density at radius 1 is 0.857 bits per heavy atom. The first-order chi connectivity index (χ1) is 20.1. The Morgan fingerprint density at radius 2 is 1.52 bits per heavy atom. The number of methoxy groups -OCH3 is 1. The minimum absolute atomic E-state index is 0.424. The van der Waals surface area contributed by atoms with E-state index in [-0.39, 0.29) is 0 Å². The maximum Gasteiger partial charge on any atom is 0.407 e. The molecule has 0 aliphatic carbocycles. The van der Waals surface area contributed by atoms with Crippen molar-refractivity contribution in [3.05, 3.63) is 101 Å². The molecular weight excluding hydrogens is 554 g/mol. The largest absolute Gasteiger partial charge is 0.497 e. The number of carbonyl (C=O) groups is 1. The number of hydrogen-bond acceptors (Lipinski definition) is 8. The number of rotatable bonds is 12. The number of benzene rings is 2. The summed E-state index contributed by atoms with van der Waals surface area (Å²) in [6.07, 6.45) is 4.78. The van der Waals surface area contributed by atoms with E-state index in [9.17, 15) is 4.79 Å². The highest BCUT2D eigenvalue weighted by Crippen LogP contribution is 2.25. The number of nitrogens with zero attached hydrogens (tertiary/aromatic N) is 3. The van der Waals surface area contributed by atoms with Gasteiger partial charge in [-0.25, -0.2) is 14.8 Å². The molecule has 2 heterocycles. The zero-order chi connectivity index (χ0) is 30.0. The van der Waals surface area contributed by atoms with Crippen LogP contribution in [0.15, 0.2) is 73.1 Å². The molecular formula is C32H36ClN5O4. The second-order valence-corrected chi connectivity index (χ2v) is 11.1. The molecule has 2 aromatic heterocycles. The highest BCUT2D eigenvalue weighted by atomic mass is 35.5. The van der Waals surface area contributed by atoms with Crippen LogP contribution in [0, 0.1) is 0 Å². The monoisotopic (exact) mass is 589 g/mol. The summed E-state index contributed by atoms with van der Waals surface area (Å²) in [5.41, 5.74) is 2.66. The van der Waals surface area contributed by atoms with Gasteiger partial charge in [0.15, 0.2) is 0 Å². The smallest absolute Gasteiger partial charge is 0.407 e. The second-order valence-electron chi connectivity index (χ2n) is 10.6. The van der Waals surface area contributed by atoms with Crippen molar-refractivity contribution in [2.75, 3.05) is 19.0 Å². The van der Waals surface area contributed by atoms with Gasteiger partial charge in [-0.15, -0.1) is 0 Å². The first-order valence-electron chi connectivity index (χ1n) is 13.7. The van der Waals surface area contributed by atoms with Gasteiger partial charge < -0.3 is 24.8 Å². The average Bonchev–Trinajstić information content (AvgIpc) is 2.96. The molecule has 0 aliphatic heterocycles. The lowest BCUT2D eigenvalue weighted by Gasteiger charge is -2.19. The molecule has 42 heavy (non-hydrogen) atoms. The van der Waals surface area contributed by atoms with Crippen LogP contribution in [0.2, 0.25) is 5.02 Å². The molecule has 2 N–H and O–H groups in total. The fourth-order valence-electron chi connectivity index (χ4n) is 3.97. The van der Waals surface area contributed by atoms with Gasteiger partial charge in [0.1, 0.15) is 28.7 Å². The van der Waals surface area contributed by atoms with Gasteiger partial charge in [-0.1, -0.05) is 35.9 Å². The standard InChI is InChI=1S/C32H36ClN5O4/c1-32(2,3)42-31(39)34-16-15-22-5-12-27(13-6-22)41-30-18-24(9-14-28-36-20-25(33)21-37-28)17-29(38-30)35-19-23-7-10-26(40-4)11-8-23/h5-8,10-13,17-18,20-21H,9,14-16,19H2,1-4H3,(H,34,39)(H,35,38). The molecule has 9 nitrogen and oxygen atoms in total. The molecule has 220 valence electrons. The molecule has 0 fully saturated rings. The van der Waals surface area contributed by atoms with E-state index in [2.05, 4.69) is 20.6 Å². The maximum absolute atomic E-state index is 11.9. The fraction of sp³-hybridized carbons (Fsp3) is 0.312. The van der Waals surface area contributed by atoms with Gasteiger partial charge in [-0.2, -0.15) is 4.98 Å². The molecule has 4 rings (SSSR count). The third-order valence-electron chi connectivity index (χ3n) is 6.03. The SMILES string of the molecule is COc1ccc(CNc2cc(CCc3ncc(Cl)cn3)cc(Oc3ccc(CCNC(=O)OC(C)(C)C)cc3)n2)cc1. The number of pyridine rings is 1. The van der Waals surface area contributed by atoms with Crippen molar-refractivity contribution >= 4 is 23.5 Å². The van der Waals surface area contributed by atoms with Crippen molar-refractivity contribution in [2.45, 2.75) is 52.2 Å². The van der Waals surface area contributed by atoms with Crippen LogP contribution in [-0.4, -0.2) is 40.3 Å². The molecule has 10 heteroatoms. The number of alkyl carbamates (subject to hydrolysis) is 1. The summed E-state index contributed by atoms with van der Waals surface area (Å²) >= 11 is 5.93. The first kappa shape index (κ1) is 30.6. The summed E-state index contributed by atoms with van der Waals surface area (Å²) in [6, 6.07) is 19.5. The number of amides is 1. The Kier molecular flexibility index (Phi) is 10.6. The highest BCUT2D eigenvalue weighted by molar-refractivity contribution is 6.30. The van der Waals surface area contributed by atoms with Crippen molar-refractivity contribution in [3.63, 3.8) is 0 Å². The number of aromatic nitrogens is 3. The molecule has 0 aliphatic rings. The van der Waals surface area contributed by atoms with Crippen molar-refractivity contribution in [3.8, 4) is 17.4 Å². The van der Waals surface area contributed by atoms with E-state index in [0.717, 1.165) is 22.4 Å². The Balaban J connectivity index is 1.41. The number of anilines is 1. The maximum atomic E-state index is 11.9. The number of hydrogen-bond donors (Lipinski definition) is 2. The minimum Gasteiger partial charge on any atom is -0.497 e. The lowest BCUT2D eigenvalue weighted by Crippen LogP contribution is -2.33. The molecule has 0 radical (unpaired) electrons. The van der Waals surface area contributed by atoms with Crippen LogP contribution in [0.1, 0.15) is 43.3 Å². The summed E-state index contributed by atoms with van der Waals surface area (Å²) < 4.78 is 16.7. The van der Waals surface area contributed by atoms with E-state index in [0.29, 0.717) is 60.6 Å². The van der Waals surface area contributed by atoms with Gasteiger partial charge >= 0.3 is 6.09 Å². The fourth-order valence-corrected chi connectivity index (χ4v) is 4.07. The van der Waals surface area contributed by atoms with Gasteiger partial charge in [-0.3, -0.25) is 0 Å². The van der Waals surface area contributed by atoms with Crippen molar-refractivity contribution in [1.29, 1.82) is 0 Å². The molecule has 1 amide bonds. The van der Waals surface area contributed by atoms with Crippen LogP contribution < -0.4 is 20.1 Å². The molecule has 0 atom stereocenters. The number of ether oxygens (including phenoxy) is 3. The second kappa shape index (κ2) is 14.5. The predicted molar refractivity (Wildman–Crippen MR) is 163 cm³/mol. The number of carbonyl (C=O) groups excluding carboxylic acids is 1. The lowest BCUT2D eigenvalue weighted by atomic mass is 10.1. The Bertz CT molecular complexity index is 1440. The zero-order valence-corrected chi connectivity index (χ0v) is 25.1. The van der Waals surface area contributed by atoms with E-state index >= 15 is 0 Å². The summed E-state index contributed by atoms with van der Waals surface area (Å²) in [4.78, 5) is 25.2. The Hall–Kier alpha value is -4.37. The third kappa shape index (κ3) is 10.2. The van der Waals surface area contributed by atoms with E-state index < -0.39 is 11.7 Å². The van der Waals surface area contributed by atoms with E-state index in [1.165, 1.54) is 0 Å². The molecule has 0 saturated carbocycles.